The first kappa shape index (κ1) is 25.8. The molecule has 2 heteroatoms. The maximum absolute atomic E-state index is 3.36. The molecule has 0 nitrogen and oxygen atoms in total. The van der Waals surface area contributed by atoms with Crippen molar-refractivity contribution >= 4 is 11.0 Å². The Kier molecular flexibility index (Phi) is 16.7. The van der Waals surface area contributed by atoms with Gasteiger partial charge in [0, 0.05) is 0 Å². The molecule has 0 saturated heterocycles. The zero-order valence-electron chi connectivity index (χ0n) is 13.1. The molecule has 21 heavy (non-hydrogen) atoms. The van der Waals surface area contributed by atoms with E-state index < -0.39 is 0 Å². The zero-order chi connectivity index (χ0) is 12.1. The number of hydrogen-bond acceptors (Lipinski definition) is 0. The van der Waals surface area contributed by atoms with Gasteiger partial charge in [-0.2, -0.15) is 5.92 Å². The molecule has 0 aromatic heterocycles. The van der Waals surface area contributed by atoms with Gasteiger partial charge in [-0.1, -0.05) is 75.1 Å². The van der Waals surface area contributed by atoms with Gasteiger partial charge >= 0.3 is 21.7 Å². The Bertz CT molecular complexity index is 326. The average molecular weight is 337 g/mol. The van der Waals surface area contributed by atoms with Crippen molar-refractivity contribution in [1.29, 1.82) is 0 Å². The van der Waals surface area contributed by atoms with E-state index in [-0.39, 0.29) is 47.5 Å². The van der Waals surface area contributed by atoms with Gasteiger partial charge in [-0.3, -0.25) is 0 Å². The van der Waals surface area contributed by atoms with Crippen LogP contribution in [0.4, 0.5) is 0 Å². The van der Waals surface area contributed by atoms with E-state index in [0.717, 1.165) is 23.7 Å². The topological polar surface area (TPSA) is 0 Å². The Balaban J connectivity index is -0.000000369. The summed E-state index contributed by atoms with van der Waals surface area (Å²) in [6.07, 6.45) is 21.1. The van der Waals surface area contributed by atoms with Crippen molar-refractivity contribution in [3.05, 3.63) is 70.9 Å². The predicted octanol–water partition coefficient (Wildman–Crippen LogP) is 4.17. The molecule has 2 saturated carbocycles. The Morgan fingerprint density at radius 3 is 2.14 bits per heavy atom. The van der Waals surface area contributed by atoms with Gasteiger partial charge in [-0.15, -0.1) is 12.0 Å². The molecule has 0 N–H and O–H groups in total. The number of allylic oxidation sites excluding steroid dienone is 6. The first-order valence-corrected chi connectivity index (χ1v) is 6.80. The second-order valence-corrected chi connectivity index (χ2v) is 5.20. The molecule has 0 aromatic rings. The van der Waals surface area contributed by atoms with Gasteiger partial charge in [0.15, 0.2) is 0 Å². The minimum absolute atomic E-state index is 0. The summed E-state index contributed by atoms with van der Waals surface area (Å²) in [6, 6.07) is 0. The summed E-state index contributed by atoms with van der Waals surface area (Å²) in [5.74, 6) is 3.56. The molecule has 2 fully saturated rings. The quantitative estimate of drug-likeness (QED) is 0.383. The molecule has 0 bridgehead atoms. The SMILES string of the molecule is C1=CC2[CH-]C3CCCCC3C2C=C1.C=CC=C.[CH3-].[CH3-].[SiH4].[Ti+3]. The molecule has 4 atom stereocenters. The third kappa shape index (κ3) is 6.67. The Labute approximate surface area is 152 Å². The molecule has 1 radical (unpaired) electrons. The molecule has 0 amide bonds. The van der Waals surface area contributed by atoms with Crippen molar-refractivity contribution < 1.29 is 21.7 Å². The van der Waals surface area contributed by atoms with Crippen LogP contribution in [-0.2, 0) is 21.7 Å². The second kappa shape index (κ2) is 13.5. The van der Waals surface area contributed by atoms with E-state index >= 15 is 0 Å². The standard InChI is InChI=1S/C13H17.C4H6.2CH3.H4Si.Ti/c1-3-7-12-10(5-1)9-11-6-2-4-8-13(11)12;1-3-4-2;;;;/h1,3,5,7,9-13H,2,4,6,8H2;3-4H,1-2H2;2*1H3;1H4;/q-1;;2*-1;;+3. The summed E-state index contributed by atoms with van der Waals surface area (Å²) >= 11 is 0. The molecule has 4 unspecified atom stereocenters. The average Bonchev–Trinajstić information content (AvgIpc) is 2.77. The number of fused-ring (bicyclic) bond motifs is 3. The van der Waals surface area contributed by atoms with E-state index in [4.69, 9.17) is 0 Å². The Hall–Kier alpha value is -0.109. The fraction of sp³-hybridized carbons (Fsp3) is 0.421. The number of rotatable bonds is 1. The molecule has 0 spiro atoms. The summed E-state index contributed by atoms with van der Waals surface area (Å²) in [4.78, 5) is 0. The van der Waals surface area contributed by atoms with Crippen molar-refractivity contribution in [2.45, 2.75) is 25.7 Å². The van der Waals surface area contributed by atoms with E-state index in [1.807, 2.05) is 0 Å². The second-order valence-electron chi connectivity index (χ2n) is 5.20. The molecule has 0 aromatic carbocycles. The summed E-state index contributed by atoms with van der Waals surface area (Å²) in [5.41, 5.74) is 0. The van der Waals surface area contributed by atoms with Crippen molar-refractivity contribution in [2.75, 3.05) is 0 Å². The molecule has 117 valence electrons. The van der Waals surface area contributed by atoms with Gasteiger partial charge in [-0.05, 0) is 16.9 Å². The van der Waals surface area contributed by atoms with Crippen LogP contribution in [0.5, 0.6) is 0 Å². The molecule has 3 rings (SSSR count). The van der Waals surface area contributed by atoms with Crippen LogP contribution in [-0.4, -0.2) is 11.0 Å². The summed E-state index contributed by atoms with van der Waals surface area (Å²) in [6.45, 7) is 6.72. The first-order valence-electron chi connectivity index (χ1n) is 6.80. The molecule has 0 heterocycles. The van der Waals surface area contributed by atoms with E-state index in [1.165, 1.54) is 25.7 Å². The molecule has 3 aliphatic carbocycles. The maximum atomic E-state index is 3.36. The number of hydrogen-bond donors (Lipinski definition) is 0. The fourth-order valence-electron chi connectivity index (χ4n) is 3.45. The first-order chi connectivity index (χ1) is 8.36. The molecular formula is C19H33SiTi. The van der Waals surface area contributed by atoms with Crippen LogP contribution in [0.2, 0.25) is 0 Å². The van der Waals surface area contributed by atoms with E-state index in [0.29, 0.717) is 0 Å². The van der Waals surface area contributed by atoms with Crippen LogP contribution >= 0.6 is 0 Å². The minimum atomic E-state index is 0. The van der Waals surface area contributed by atoms with Crippen LogP contribution in [0, 0.1) is 44.9 Å². The smallest absolute Gasteiger partial charge is 0.358 e. The van der Waals surface area contributed by atoms with Gasteiger partial charge in [0.05, 0.1) is 0 Å². The summed E-state index contributed by atoms with van der Waals surface area (Å²) < 4.78 is 0. The van der Waals surface area contributed by atoms with Crippen molar-refractivity contribution in [3.8, 4) is 0 Å². The Morgan fingerprint density at radius 2 is 1.52 bits per heavy atom. The van der Waals surface area contributed by atoms with Crippen LogP contribution in [0.3, 0.4) is 0 Å². The Morgan fingerprint density at radius 1 is 0.952 bits per heavy atom. The van der Waals surface area contributed by atoms with Gasteiger partial charge in [0.25, 0.3) is 0 Å². The van der Waals surface area contributed by atoms with Gasteiger partial charge in [-0.25, -0.2) is 0 Å². The largest absolute Gasteiger partial charge is 3.00 e. The van der Waals surface area contributed by atoms with Gasteiger partial charge in [0.2, 0.25) is 0 Å². The normalized spacial score (nSPS) is 30.3. The summed E-state index contributed by atoms with van der Waals surface area (Å²) in [5, 5.41) is 0. The monoisotopic (exact) mass is 337 g/mol. The van der Waals surface area contributed by atoms with Gasteiger partial charge in [0.1, 0.15) is 0 Å². The zero-order valence-corrected chi connectivity index (χ0v) is 14.7. The molecule has 0 aliphatic heterocycles. The predicted molar refractivity (Wildman–Crippen MR) is 99.6 cm³/mol. The van der Waals surface area contributed by atoms with Crippen LogP contribution in [0.25, 0.3) is 0 Å². The van der Waals surface area contributed by atoms with E-state index in [1.54, 1.807) is 12.2 Å². The summed E-state index contributed by atoms with van der Waals surface area (Å²) in [7, 11) is 0. The van der Waals surface area contributed by atoms with Crippen LogP contribution < -0.4 is 0 Å². The fourth-order valence-corrected chi connectivity index (χ4v) is 3.45. The van der Waals surface area contributed by atoms with Crippen molar-refractivity contribution in [1.82, 2.24) is 0 Å². The minimum Gasteiger partial charge on any atom is -0.358 e. The third-order valence-corrected chi connectivity index (χ3v) is 4.23. The third-order valence-electron chi connectivity index (χ3n) is 4.23. The van der Waals surface area contributed by atoms with E-state index in [2.05, 4.69) is 43.9 Å². The van der Waals surface area contributed by atoms with Crippen molar-refractivity contribution in [3.63, 3.8) is 0 Å². The van der Waals surface area contributed by atoms with Crippen LogP contribution in [0.1, 0.15) is 25.7 Å². The maximum Gasteiger partial charge on any atom is 3.00 e. The van der Waals surface area contributed by atoms with Gasteiger partial charge < -0.3 is 21.3 Å². The molecular weight excluding hydrogens is 304 g/mol. The molecule has 3 aliphatic rings. The van der Waals surface area contributed by atoms with E-state index in [9.17, 15) is 0 Å². The van der Waals surface area contributed by atoms with Crippen LogP contribution in [0.15, 0.2) is 49.6 Å². The van der Waals surface area contributed by atoms with Crippen molar-refractivity contribution in [2.24, 2.45) is 23.7 Å².